The molecule has 1 aliphatic rings. The van der Waals surface area contributed by atoms with E-state index in [2.05, 4.69) is 4.90 Å². The Morgan fingerprint density at radius 2 is 1.39 bits per heavy atom. The summed E-state index contributed by atoms with van der Waals surface area (Å²) < 4.78 is 44.9. The van der Waals surface area contributed by atoms with E-state index in [1.54, 1.807) is 54.5 Å². The molecule has 0 unspecified atom stereocenters. The van der Waals surface area contributed by atoms with Gasteiger partial charge in [-0.25, -0.2) is 8.42 Å². The molecule has 0 saturated carbocycles. The minimum absolute atomic E-state index is 0.00735. The first-order chi connectivity index (χ1) is 18.3. The first-order valence-electron chi connectivity index (χ1n) is 12.2. The Kier molecular flexibility index (Phi) is 8.31. The second-order valence-electron chi connectivity index (χ2n) is 8.93. The number of sulfonamides is 1. The van der Waals surface area contributed by atoms with Gasteiger partial charge in [0.1, 0.15) is 28.7 Å². The van der Waals surface area contributed by atoms with Crippen LogP contribution in [0.2, 0.25) is 0 Å². The number of carbonyl (C=O) groups is 1. The van der Waals surface area contributed by atoms with E-state index in [0.717, 1.165) is 21.3 Å². The summed E-state index contributed by atoms with van der Waals surface area (Å²) in [6.07, 6.45) is 0. The van der Waals surface area contributed by atoms with Crippen LogP contribution in [-0.4, -0.2) is 73.3 Å². The van der Waals surface area contributed by atoms with Crippen molar-refractivity contribution in [3.63, 3.8) is 0 Å². The third-order valence-corrected chi connectivity index (χ3v) is 8.39. The van der Waals surface area contributed by atoms with E-state index in [-0.39, 0.29) is 23.1 Å². The third-order valence-electron chi connectivity index (χ3n) is 6.60. The van der Waals surface area contributed by atoms with Crippen LogP contribution in [-0.2, 0) is 14.8 Å². The standard InChI is InChI=1S/C28H33N3O6S/c1-21-5-14-26(37-4)27(19-21)38(33,34)31(23-8-12-25(36-3)13-9-23)20-28(32)30-17-15-29(16-18-30)22-6-10-24(35-2)11-7-22/h5-14,19H,15-18,20H2,1-4H3. The molecule has 1 saturated heterocycles. The van der Waals surface area contributed by atoms with Gasteiger partial charge in [0.25, 0.3) is 10.0 Å². The number of hydrogen-bond acceptors (Lipinski definition) is 7. The Morgan fingerprint density at radius 1 is 0.816 bits per heavy atom. The number of aryl methyl sites for hydroxylation is 1. The van der Waals surface area contributed by atoms with E-state index >= 15 is 0 Å². The van der Waals surface area contributed by atoms with Crippen molar-refractivity contribution < 1.29 is 27.4 Å². The predicted octanol–water partition coefficient (Wildman–Crippen LogP) is 3.56. The number of rotatable bonds is 9. The van der Waals surface area contributed by atoms with Crippen LogP contribution < -0.4 is 23.4 Å². The van der Waals surface area contributed by atoms with Gasteiger partial charge in [0, 0.05) is 31.9 Å². The fourth-order valence-corrected chi connectivity index (χ4v) is 6.06. The average Bonchev–Trinajstić information content (AvgIpc) is 2.96. The molecular formula is C28H33N3O6S. The molecule has 1 aliphatic heterocycles. The molecule has 4 rings (SSSR count). The van der Waals surface area contributed by atoms with Gasteiger partial charge in [0.15, 0.2) is 0 Å². The van der Waals surface area contributed by atoms with Crippen LogP contribution in [0, 0.1) is 6.92 Å². The SMILES string of the molecule is COc1ccc(N2CCN(C(=O)CN(c3ccc(OC)cc3)S(=O)(=O)c3cc(C)ccc3OC)CC2)cc1. The summed E-state index contributed by atoms with van der Waals surface area (Å²) in [5.74, 6) is 1.31. The highest BCUT2D eigenvalue weighted by molar-refractivity contribution is 7.93. The van der Waals surface area contributed by atoms with Crippen LogP contribution in [0.4, 0.5) is 11.4 Å². The normalized spacial score (nSPS) is 13.7. The van der Waals surface area contributed by atoms with Gasteiger partial charge in [0.05, 0.1) is 27.0 Å². The molecule has 10 heteroatoms. The van der Waals surface area contributed by atoms with Gasteiger partial charge in [-0.05, 0) is 73.2 Å². The van der Waals surface area contributed by atoms with Gasteiger partial charge >= 0.3 is 0 Å². The molecule has 1 amide bonds. The van der Waals surface area contributed by atoms with E-state index in [9.17, 15) is 13.2 Å². The highest BCUT2D eigenvalue weighted by atomic mass is 32.2. The molecule has 38 heavy (non-hydrogen) atoms. The quantitative estimate of drug-likeness (QED) is 0.411. The zero-order chi connectivity index (χ0) is 27.3. The first-order valence-corrected chi connectivity index (χ1v) is 13.7. The molecule has 0 atom stereocenters. The van der Waals surface area contributed by atoms with Gasteiger partial charge in [0.2, 0.25) is 5.91 Å². The molecule has 9 nitrogen and oxygen atoms in total. The monoisotopic (exact) mass is 539 g/mol. The fourth-order valence-electron chi connectivity index (χ4n) is 4.40. The zero-order valence-electron chi connectivity index (χ0n) is 22.1. The van der Waals surface area contributed by atoms with Crippen LogP contribution in [0.5, 0.6) is 17.2 Å². The minimum Gasteiger partial charge on any atom is -0.497 e. The van der Waals surface area contributed by atoms with Crippen molar-refractivity contribution in [2.24, 2.45) is 0 Å². The summed E-state index contributed by atoms with van der Waals surface area (Å²) >= 11 is 0. The molecule has 0 aromatic heterocycles. The predicted molar refractivity (Wildman–Crippen MR) is 147 cm³/mol. The summed E-state index contributed by atoms with van der Waals surface area (Å²) in [4.78, 5) is 17.4. The summed E-state index contributed by atoms with van der Waals surface area (Å²) in [5.41, 5.74) is 2.17. The lowest BCUT2D eigenvalue weighted by Crippen LogP contribution is -2.52. The lowest BCUT2D eigenvalue weighted by atomic mass is 10.2. The number of carbonyl (C=O) groups excluding carboxylic acids is 1. The zero-order valence-corrected chi connectivity index (χ0v) is 22.9. The van der Waals surface area contributed by atoms with Gasteiger partial charge in [-0.1, -0.05) is 6.07 Å². The second kappa shape index (κ2) is 11.6. The number of piperazine rings is 1. The third kappa shape index (κ3) is 5.80. The van der Waals surface area contributed by atoms with E-state index < -0.39 is 10.0 Å². The van der Waals surface area contributed by atoms with Crippen molar-refractivity contribution in [3.8, 4) is 17.2 Å². The molecule has 0 bridgehead atoms. The first kappa shape index (κ1) is 27.1. The lowest BCUT2D eigenvalue weighted by Gasteiger charge is -2.37. The molecule has 3 aromatic rings. The fraction of sp³-hybridized carbons (Fsp3) is 0.321. The highest BCUT2D eigenvalue weighted by Crippen LogP contribution is 2.32. The maximum Gasteiger partial charge on any atom is 0.268 e. The number of benzene rings is 3. The summed E-state index contributed by atoms with van der Waals surface area (Å²) in [6, 6.07) is 19.4. The average molecular weight is 540 g/mol. The van der Waals surface area contributed by atoms with Gasteiger partial charge in [-0.15, -0.1) is 0 Å². The van der Waals surface area contributed by atoms with Crippen LogP contribution in [0.1, 0.15) is 5.56 Å². The van der Waals surface area contributed by atoms with Crippen LogP contribution in [0.3, 0.4) is 0 Å². The van der Waals surface area contributed by atoms with E-state index in [4.69, 9.17) is 14.2 Å². The Balaban J connectivity index is 1.57. The van der Waals surface area contributed by atoms with Crippen molar-refractivity contribution in [1.82, 2.24) is 4.90 Å². The maximum absolute atomic E-state index is 14.0. The van der Waals surface area contributed by atoms with Crippen molar-refractivity contribution in [2.45, 2.75) is 11.8 Å². The molecule has 3 aromatic carbocycles. The van der Waals surface area contributed by atoms with E-state index in [1.807, 2.05) is 31.2 Å². The molecule has 0 aliphatic carbocycles. The van der Waals surface area contributed by atoms with E-state index in [0.29, 0.717) is 37.6 Å². The molecule has 0 N–H and O–H groups in total. The molecule has 1 heterocycles. The molecule has 202 valence electrons. The van der Waals surface area contributed by atoms with Gasteiger partial charge < -0.3 is 24.0 Å². The number of ether oxygens (including phenoxy) is 3. The molecule has 0 radical (unpaired) electrons. The minimum atomic E-state index is -4.14. The van der Waals surface area contributed by atoms with Crippen molar-refractivity contribution in [1.29, 1.82) is 0 Å². The summed E-state index contributed by atoms with van der Waals surface area (Å²) in [5, 5.41) is 0. The maximum atomic E-state index is 14.0. The Bertz CT molecular complexity index is 1350. The van der Waals surface area contributed by atoms with Crippen LogP contribution >= 0.6 is 0 Å². The number of amides is 1. The van der Waals surface area contributed by atoms with Gasteiger partial charge in [-0.2, -0.15) is 0 Å². The topological polar surface area (TPSA) is 88.6 Å². The highest BCUT2D eigenvalue weighted by Gasteiger charge is 2.32. The lowest BCUT2D eigenvalue weighted by molar-refractivity contribution is -0.129. The Labute approximate surface area is 224 Å². The number of methoxy groups -OCH3 is 3. The second-order valence-corrected chi connectivity index (χ2v) is 10.8. The van der Waals surface area contributed by atoms with E-state index in [1.165, 1.54) is 14.2 Å². The Morgan fingerprint density at radius 3 is 1.95 bits per heavy atom. The summed E-state index contributed by atoms with van der Waals surface area (Å²) in [6.45, 7) is 3.71. The molecular weight excluding hydrogens is 506 g/mol. The van der Waals surface area contributed by atoms with Crippen LogP contribution in [0.15, 0.2) is 71.6 Å². The summed E-state index contributed by atoms with van der Waals surface area (Å²) in [7, 11) is 0.457. The molecule has 1 fully saturated rings. The smallest absolute Gasteiger partial charge is 0.268 e. The largest absolute Gasteiger partial charge is 0.497 e. The number of anilines is 2. The van der Waals surface area contributed by atoms with Gasteiger partial charge in [-0.3, -0.25) is 9.10 Å². The van der Waals surface area contributed by atoms with Crippen molar-refractivity contribution in [2.75, 3.05) is 63.3 Å². The Hall–Kier alpha value is -3.92. The number of nitrogens with zero attached hydrogens (tertiary/aromatic N) is 3. The molecule has 0 spiro atoms. The van der Waals surface area contributed by atoms with Crippen molar-refractivity contribution in [3.05, 3.63) is 72.3 Å². The number of hydrogen-bond donors (Lipinski definition) is 0. The van der Waals surface area contributed by atoms with Crippen molar-refractivity contribution >= 4 is 27.3 Å². The van der Waals surface area contributed by atoms with Crippen LogP contribution in [0.25, 0.3) is 0 Å².